The van der Waals surface area contributed by atoms with Crippen molar-refractivity contribution in [1.29, 1.82) is 0 Å². The smallest absolute Gasteiger partial charge is 0.338 e. The molecule has 0 aromatic heterocycles. The lowest BCUT2D eigenvalue weighted by atomic mass is 10.0. The first-order valence-electron chi connectivity index (χ1n) is 26.3. The molecule has 0 radical (unpaired) electrons. The molecule has 12 amide bonds. The number of carbonyl (C=O) groups is 12. The molecule has 0 bridgehead atoms. The Labute approximate surface area is 468 Å². The zero-order valence-corrected chi connectivity index (χ0v) is 46.7. The van der Waals surface area contributed by atoms with Crippen LogP contribution in [0.4, 0.5) is 0 Å². The molecule has 80 heavy (non-hydrogen) atoms. The van der Waals surface area contributed by atoms with Crippen molar-refractivity contribution in [2.24, 2.45) is 28.9 Å². The van der Waals surface area contributed by atoms with Gasteiger partial charge in [-0.3, -0.25) is 74.0 Å². The van der Waals surface area contributed by atoms with Crippen molar-refractivity contribution >= 4 is 88.6 Å². The van der Waals surface area contributed by atoms with Crippen LogP contribution in [0, 0.1) is 5.92 Å². The lowest BCUT2D eigenvalue weighted by Gasteiger charge is -2.28. The third kappa shape index (κ3) is 27.2. The van der Waals surface area contributed by atoms with Crippen molar-refractivity contribution in [2.75, 3.05) is 31.1 Å². The summed E-state index contributed by atoms with van der Waals surface area (Å²) in [6, 6.07) is -6.68. The molecule has 29 nitrogen and oxygen atoms in total. The minimum absolute atomic E-state index is 0.000139. The van der Waals surface area contributed by atoms with E-state index in [-0.39, 0.29) is 106 Å². The Morgan fingerprint density at radius 3 is 1.55 bits per heavy atom. The Hall–Kier alpha value is -7.76. The topological polar surface area (TPSA) is 484 Å². The van der Waals surface area contributed by atoms with Gasteiger partial charge >= 0.3 is 5.96 Å². The Balaban J connectivity index is 2.83. The monoisotopic (exact) mass is 1150 g/mol. The van der Waals surface area contributed by atoms with Crippen LogP contribution in [-0.4, -0.2) is 173 Å². The molecule has 1 heterocycles. The normalized spacial score (nSPS) is 22.9. The minimum Gasteiger partial charge on any atom is -0.508 e. The molecule has 1 aromatic rings. The first-order valence-corrected chi connectivity index (χ1v) is 27.5. The van der Waals surface area contributed by atoms with Crippen molar-refractivity contribution in [3.05, 3.63) is 29.8 Å². The fraction of sp³-hybridized carbons (Fsp3) is 0.620. The number of unbranched alkanes of at least 4 members (excludes halogenated alkanes) is 2. The number of aliphatic hydroxyl groups excluding tert-OH is 1. The molecular formula is C50H82N15O14S+. The van der Waals surface area contributed by atoms with Crippen molar-refractivity contribution in [3.8, 4) is 5.75 Å². The third-order valence-electron chi connectivity index (χ3n) is 12.1. The number of aromatic hydroxyl groups is 1. The van der Waals surface area contributed by atoms with E-state index in [0.717, 1.165) is 11.8 Å². The predicted molar refractivity (Wildman–Crippen MR) is 292 cm³/mol. The molecule has 1 aliphatic rings. The minimum atomic E-state index is -1.79. The van der Waals surface area contributed by atoms with Gasteiger partial charge in [0.1, 0.15) is 54.1 Å². The van der Waals surface area contributed by atoms with Gasteiger partial charge in [0.05, 0.1) is 24.8 Å². The molecule has 0 saturated carbocycles. The number of nitrogens with two attached hydrogens (primary N) is 4. The largest absolute Gasteiger partial charge is 0.508 e. The maximum atomic E-state index is 14.4. The highest BCUT2D eigenvalue weighted by Gasteiger charge is 2.36. The number of amides is 12. The van der Waals surface area contributed by atoms with Crippen LogP contribution >= 0.6 is 11.8 Å². The van der Waals surface area contributed by atoms with Crippen molar-refractivity contribution in [2.45, 2.75) is 160 Å². The Kier molecular flexibility index (Phi) is 30.5. The second-order valence-corrected chi connectivity index (χ2v) is 20.8. The number of benzene rings is 1. The van der Waals surface area contributed by atoms with Gasteiger partial charge in [0.2, 0.25) is 70.9 Å². The molecule has 21 N–H and O–H groups in total. The number of phenols is 1. The highest BCUT2D eigenvalue weighted by Crippen LogP contribution is 2.15. The van der Waals surface area contributed by atoms with Gasteiger partial charge in [0.25, 0.3) is 0 Å². The summed E-state index contributed by atoms with van der Waals surface area (Å²) in [5, 5.41) is 46.4. The van der Waals surface area contributed by atoms with Crippen LogP contribution in [0.15, 0.2) is 24.3 Å². The molecule has 1 saturated heterocycles. The van der Waals surface area contributed by atoms with E-state index < -0.39 is 126 Å². The van der Waals surface area contributed by atoms with Gasteiger partial charge in [-0.25, -0.2) is 0 Å². The van der Waals surface area contributed by atoms with Gasteiger partial charge in [0.15, 0.2) is 0 Å². The van der Waals surface area contributed by atoms with E-state index in [2.05, 4.69) is 58.2 Å². The molecule has 30 heteroatoms. The second-order valence-electron chi connectivity index (χ2n) is 19.8. The molecule has 9 atom stereocenters. The van der Waals surface area contributed by atoms with E-state index in [1.165, 1.54) is 45.0 Å². The van der Waals surface area contributed by atoms with Crippen LogP contribution in [0.25, 0.3) is 0 Å². The number of thioether (sulfide) groups is 1. The molecule has 0 spiro atoms. The van der Waals surface area contributed by atoms with Crippen molar-refractivity contribution in [1.82, 2.24) is 53.2 Å². The van der Waals surface area contributed by atoms with E-state index in [0.29, 0.717) is 18.4 Å². The van der Waals surface area contributed by atoms with Crippen molar-refractivity contribution in [3.63, 3.8) is 0 Å². The van der Waals surface area contributed by atoms with Crippen LogP contribution in [0.5, 0.6) is 5.75 Å². The van der Waals surface area contributed by atoms with Crippen LogP contribution in [-0.2, 0) is 64.0 Å². The molecular weight excluding hydrogens is 1070 g/mol. The van der Waals surface area contributed by atoms with Crippen LogP contribution < -0.4 is 81.1 Å². The van der Waals surface area contributed by atoms with Crippen molar-refractivity contribution < 1.29 is 72.7 Å². The van der Waals surface area contributed by atoms with Crippen LogP contribution in [0.1, 0.15) is 104 Å². The molecule has 1 fully saturated rings. The highest BCUT2D eigenvalue weighted by molar-refractivity contribution is 8.00. The fourth-order valence-corrected chi connectivity index (χ4v) is 8.86. The molecule has 1 aromatic carbocycles. The van der Waals surface area contributed by atoms with E-state index >= 15 is 0 Å². The summed E-state index contributed by atoms with van der Waals surface area (Å²) in [5.41, 5.74) is 22.8. The number of hydrogen-bond donors (Lipinski definition) is 17. The van der Waals surface area contributed by atoms with Gasteiger partial charge in [-0.1, -0.05) is 26.0 Å². The Morgan fingerprint density at radius 2 is 1.07 bits per heavy atom. The number of rotatable bonds is 22. The maximum Gasteiger partial charge on any atom is 0.338 e. The summed E-state index contributed by atoms with van der Waals surface area (Å²) >= 11 is 0.842. The highest BCUT2D eigenvalue weighted by atomic mass is 32.2. The summed E-state index contributed by atoms with van der Waals surface area (Å²) in [7, 11) is 0. The zero-order valence-electron chi connectivity index (χ0n) is 45.9. The Morgan fingerprint density at radius 1 is 0.613 bits per heavy atom. The first-order chi connectivity index (χ1) is 37.7. The maximum absolute atomic E-state index is 14.4. The van der Waals surface area contributed by atoms with Gasteiger partial charge in [-0.2, -0.15) is 0 Å². The summed E-state index contributed by atoms with van der Waals surface area (Å²) in [4.78, 5) is 164. The fourth-order valence-electron chi connectivity index (χ4n) is 7.99. The summed E-state index contributed by atoms with van der Waals surface area (Å²) in [6.45, 7) is 7.73. The lowest BCUT2D eigenvalue weighted by molar-refractivity contribution is -0.459. The predicted octanol–water partition coefficient (Wildman–Crippen LogP) is -6.91. The quantitative estimate of drug-likeness (QED) is 0.0291. The average Bonchev–Trinajstić information content (AvgIpc) is 3.36. The number of aliphatic hydroxyl groups is 1. The number of hydrogen-bond acceptors (Lipinski definition) is 15. The summed E-state index contributed by atoms with van der Waals surface area (Å²) in [5.74, 6) is -11.6. The zero-order chi connectivity index (χ0) is 60.1. The van der Waals surface area contributed by atoms with Crippen LogP contribution in [0.3, 0.4) is 0 Å². The number of primary amides is 2. The van der Waals surface area contributed by atoms with Gasteiger partial charge in [0, 0.05) is 39.1 Å². The number of carbonyl (C=O) groups excluding carboxylic acids is 12. The van der Waals surface area contributed by atoms with Gasteiger partial charge in [-0.05, 0) is 88.3 Å². The van der Waals surface area contributed by atoms with E-state index in [1.807, 2.05) is 0 Å². The van der Waals surface area contributed by atoms with E-state index in [9.17, 15) is 67.7 Å². The summed E-state index contributed by atoms with van der Waals surface area (Å²) < 4.78 is 0. The number of nitrogens with one attached hydrogen (secondary N) is 11. The lowest BCUT2D eigenvalue weighted by Crippen LogP contribution is -2.78. The van der Waals surface area contributed by atoms with Gasteiger partial charge < -0.3 is 74.8 Å². The first kappa shape index (κ1) is 68.3. The average molecular weight is 1150 g/mol. The molecule has 0 unspecified atom stereocenters. The SMILES string of the molecule is CC(=O)NCCCC[C@@H]1NC(=O)[C@H](CC(N)=O)NC(=O)[C@H](CCC[NH+]=C(N)N)NC(=O)[C@H](CCCCNC(C)=O)NC(=O)[C@H]([C@@H](C)O)NC(=O)[C@H](Cc2ccc(O)cc2)NC(=O)CSC[C@@H](C(N)=O)NC(=O)[C@H](CC(C)C)NC1=O. The number of phenolic OH excluding ortho intramolecular Hbond substituents is 1. The van der Waals surface area contributed by atoms with E-state index in [1.54, 1.807) is 13.8 Å². The Bertz CT molecular complexity index is 2340. The molecule has 2 rings (SSSR count). The van der Waals surface area contributed by atoms with Crippen LogP contribution in [0.2, 0.25) is 0 Å². The summed E-state index contributed by atoms with van der Waals surface area (Å²) in [6.07, 6.45) is -2.03. The van der Waals surface area contributed by atoms with E-state index in [4.69, 9.17) is 22.9 Å². The standard InChI is InChI=1S/C50H81N15O14S/c1-26(2)21-35-46(76)64-38(42(52)72)24-80-25-40(71)58-36(22-30-14-16-31(69)17-15-30)48(78)65-41(27(3)66)49(79)61-33(12-7-9-19-56-29(5)68)43(73)59-34(13-10-20-57-50(53)54)45(75)63-37(23-39(51)70)47(77)60-32(44(74)62-35)11-6-8-18-55-28(4)67/h14-17,26-27,32-38,41,66,69H,6-13,18-25H2,1-5H3,(H2,51,70)(H2,52,72)(H,55,67)(H,56,68)(H,58,71)(H,59,73)(H,60,77)(H,61,79)(H,62,74)(H,63,75)(H,64,76)(H,65,78)(H4,53,54,57)/p+1/t27-,32+,33+,34+,35+,36+,37+,38+,41+/m1/s1. The third-order valence-corrected chi connectivity index (χ3v) is 13.2. The molecule has 446 valence electrons. The number of guanidine groups is 1. The van der Waals surface area contributed by atoms with Gasteiger partial charge in [-0.15, -0.1) is 11.8 Å². The second kappa shape index (κ2) is 35.7. The molecule has 1 aliphatic heterocycles. The molecule has 0 aliphatic carbocycles.